The maximum absolute atomic E-state index is 10.8. The topological polar surface area (TPSA) is 270 Å². The van der Waals surface area contributed by atoms with Crippen LogP contribution in [0.1, 0.15) is 0 Å². The number of carboxylic acids is 2. The van der Waals surface area contributed by atoms with Crippen molar-refractivity contribution in [3.8, 4) is 0 Å². The Balaban J connectivity index is 0.000000504. The van der Waals surface area contributed by atoms with Gasteiger partial charge in [0.15, 0.2) is 22.7 Å². The summed E-state index contributed by atoms with van der Waals surface area (Å²) in [5.74, 6) is -6.53. The Bertz CT molecular complexity index is 716. The average Bonchev–Trinajstić information content (AvgIpc) is 2.71. The molecule has 0 bridgehead atoms. The maximum Gasteiger partial charge on any atom is 0.335 e. The number of carbonyl (C=O) groups excluding carboxylic acids is 2. The predicted octanol–water partition coefficient (Wildman–Crippen LogP) is -4.97. The fourth-order valence-corrected chi connectivity index (χ4v) is 3.77. The highest BCUT2D eigenvalue weighted by Crippen LogP contribution is 2.18. The molecule has 1 rings (SSSR count). The van der Waals surface area contributed by atoms with Crippen LogP contribution in [0.4, 0.5) is 0 Å². The van der Waals surface area contributed by atoms with Gasteiger partial charge in [-0.3, -0.25) is 24.0 Å². The summed E-state index contributed by atoms with van der Waals surface area (Å²) in [5, 5.41) is 28.8. The summed E-state index contributed by atoms with van der Waals surface area (Å²) in [7, 11) is -10.2. The molecule has 2 amide bonds. The molecular formula is C8H11NO14S2. The molecule has 0 aromatic rings. The van der Waals surface area contributed by atoms with Gasteiger partial charge in [0.25, 0.3) is 20.2 Å². The second kappa shape index (κ2) is 7.80. The number of hydrogen-bond acceptors (Lipinski definition) is 10. The zero-order valence-corrected chi connectivity index (χ0v) is 13.2. The highest BCUT2D eigenvalue weighted by molar-refractivity contribution is 7.91. The van der Waals surface area contributed by atoms with Gasteiger partial charge in [0.2, 0.25) is 11.8 Å². The van der Waals surface area contributed by atoms with E-state index in [9.17, 15) is 36.0 Å². The molecule has 0 aromatic carbocycles. The molecule has 0 aliphatic carbocycles. The minimum absolute atomic E-state index is 1.37. The first-order valence-corrected chi connectivity index (χ1v) is 8.61. The quantitative estimate of drug-likeness (QED) is 0.165. The third-order valence-electron chi connectivity index (χ3n) is 2.49. The van der Waals surface area contributed by atoms with Crippen molar-refractivity contribution in [3.63, 3.8) is 0 Å². The lowest BCUT2D eigenvalue weighted by atomic mass is 10.2. The molecule has 1 aliphatic rings. The molecule has 1 heterocycles. The molecule has 4 unspecified atom stereocenters. The van der Waals surface area contributed by atoms with Gasteiger partial charge in [0, 0.05) is 0 Å². The van der Waals surface area contributed by atoms with Crippen LogP contribution in [0.15, 0.2) is 0 Å². The number of nitrogens with one attached hydrogen (secondary N) is 1. The van der Waals surface area contributed by atoms with Crippen molar-refractivity contribution in [2.75, 3.05) is 0 Å². The molecule has 25 heavy (non-hydrogen) atoms. The lowest BCUT2D eigenvalue weighted by Gasteiger charge is -2.08. The van der Waals surface area contributed by atoms with Crippen molar-refractivity contribution >= 4 is 44.0 Å². The summed E-state index contributed by atoms with van der Waals surface area (Å²) in [6.07, 6.45) is -4.53. The van der Waals surface area contributed by atoms with E-state index < -0.39 is 66.7 Å². The van der Waals surface area contributed by atoms with E-state index in [1.807, 2.05) is 0 Å². The van der Waals surface area contributed by atoms with Crippen molar-refractivity contribution in [2.45, 2.75) is 22.7 Å². The first kappa shape index (κ1) is 22.8. The van der Waals surface area contributed by atoms with Gasteiger partial charge in [-0.05, 0) is 0 Å². The van der Waals surface area contributed by atoms with Gasteiger partial charge in [0.1, 0.15) is 0 Å². The molecule has 1 aliphatic heterocycles. The van der Waals surface area contributed by atoms with Crippen LogP contribution in [-0.4, -0.2) is 92.8 Å². The molecular weight excluding hydrogens is 398 g/mol. The molecule has 0 radical (unpaired) electrons. The summed E-state index contributed by atoms with van der Waals surface area (Å²) < 4.78 is 59.5. The predicted molar refractivity (Wildman–Crippen MR) is 71.1 cm³/mol. The number of carbonyl (C=O) groups is 4. The molecule has 15 nitrogen and oxygen atoms in total. The fourth-order valence-electron chi connectivity index (χ4n) is 1.39. The SMILES string of the molecule is O=C(O)C(O)C(O)C(=O)O.O=C1NC(=O)C(S(=O)(=O)O)C1S(=O)(=O)O. The van der Waals surface area contributed by atoms with Gasteiger partial charge in [-0.25, -0.2) is 9.59 Å². The number of amides is 2. The Labute approximate surface area is 138 Å². The molecule has 0 saturated carbocycles. The number of aliphatic hydroxyl groups excluding tert-OH is 2. The van der Waals surface area contributed by atoms with E-state index in [-0.39, 0.29) is 0 Å². The Hall–Kier alpha value is -2.18. The van der Waals surface area contributed by atoms with E-state index in [2.05, 4.69) is 0 Å². The number of hydrogen-bond donors (Lipinski definition) is 7. The minimum atomic E-state index is -5.09. The van der Waals surface area contributed by atoms with E-state index in [1.165, 1.54) is 5.32 Å². The zero-order valence-electron chi connectivity index (χ0n) is 11.6. The minimum Gasteiger partial charge on any atom is -0.479 e. The molecule has 17 heteroatoms. The Morgan fingerprint density at radius 3 is 1.20 bits per heavy atom. The Morgan fingerprint density at radius 2 is 1.04 bits per heavy atom. The van der Waals surface area contributed by atoms with Gasteiger partial charge >= 0.3 is 11.9 Å². The van der Waals surface area contributed by atoms with Crippen LogP contribution in [0.2, 0.25) is 0 Å². The third kappa shape index (κ3) is 5.99. The second-order valence-corrected chi connectivity index (χ2v) is 7.37. The summed E-state index contributed by atoms with van der Waals surface area (Å²) in [6, 6.07) is 0. The summed E-state index contributed by atoms with van der Waals surface area (Å²) in [5.41, 5.74) is 0. The molecule has 1 saturated heterocycles. The van der Waals surface area contributed by atoms with Crippen LogP contribution < -0.4 is 5.32 Å². The van der Waals surface area contributed by atoms with Crippen LogP contribution in [-0.2, 0) is 39.4 Å². The molecule has 7 N–H and O–H groups in total. The van der Waals surface area contributed by atoms with Crippen molar-refractivity contribution < 1.29 is 65.5 Å². The number of imide groups is 1. The Kier molecular flexibility index (Phi) is 7.12. The van der Waals surface area contributed by atoms with Gasteiger partial charge in [0.05, 0.1) is 0 Å². The largest absolute Gasteiger partial charge is 0.479 e. The zero-order chi connectivity index (χ0) is 20.3. The first-order chi connectivity index (χ1) is 11.0. The van der Waals surface area contributed by atoms with Crippen LogP contribution >= 0.6 is 0 Å². The number of rotatable bonds is 5. The van der Waals surface area contributed by atoms with Crippen molar-refractivity contribution in [1.82, 2.24) is 5.32 Å². The molecule has 0 spiro atoms. The lowest BCUT2D eigenvalue weighted by Crippen LogP contribution is -2.41. The average molecular weight is 409 g/mol. The highest BCUT2D eigenvalue weighted by atomic mass is 32.2. The van der Waals surface area contributed by atoms with Gasteiger partial charge in [-0.15, -0.1) is 0 Å². The summed E-state index contributed by atoms with van der Waals surface area (Å²) >= 11 is 0. The highest BCUT2D eigenvalue weighted by Gasteiger charge is 2.55. The fraction of sp³-hybridized carbons (Fsp3) is 0.500. The van der Waals surface area contributed by atoms with Crippen LogP contribution in [0.3, 0.4) is 0 Å². The Morgan fingerprint density at radius 1 is 0.800 bits per heavy atom. The summed E-state index contributed by atoms with van der Waals surface area (Å²) in [6.45, 7) is 0. The van der Waals surface area contributed by atoms with Crippen molar-refractivity contribution in [2.24, 2.45) is 0 Å². The smallest absolute Gasteiger partial charge is 0.335 e. The second-order valence-electron chi connectivity index (χ2n) is 4.29. The van der Waals surface area contributed by atoms with Crippen LogP contribution in [0.25, 0.3) is 0 Å². The molecule has 0 aromatic heterocycles. The number of aliphatic carboxylic acids is 2. The van der Waals surface area contributed by atoms with Gasteiger partial charge < -0.3 is 20.4 Å². The van der Waals surface area contributed by atoms with E-state index in [0.717, 1.165) is 0 Å². The van der Waals surface area contributed by atoms with Gasteiger partial charge in [-0.1, -0.05) is 0 Å². The number of aliphatic hydroxyl groups is 2. The third-order valence-corrected chi connectivity index (χ3v) is 4.91. The standard InChI is InChI=1S/C4H5NO8S2.C4H6O6/c6-3-1(14(8,9)10)2(4(7)5-3)15(11,12)13;5-1(3(7)8)2(6)4(9)10/h1-2H,(H,5,6,7)(H,8,9,10)(H,11,12,13);1-2,5-6H,(H,7,8)(H,9,10). The van der Waals surface area contributed by atoms with E-state index in [1.54, 1.807) is 0 Å². The molecule has 1 fully saturated rings. The summed E-state index contributed by atoms with van der Waals surface area (Å²) in [4.78, 5) is 41.2. The van der Waals surface area contributed by atoms with E-state index in [0.29, 0.717) is 0 Å². The molecule has 4 atom stereocenters. The van der Waals surface area contributed by atoms with Gasteiger partial charge in [-0.2, -0.15) is 16.8 Å². The maximum atomic E-state index is 10.8. The van der Waals surface area contributed by atoms with Crippen LogP contribution in [0.5, 0.6) is 0 Å². The monoisotopic (exact) mass is 409 g/mol. The molecule has 144 valence electrons. The lowest BCUT2D eigenvalue weighted by molar-refractivity contribution is -0.165. The van der Waals surface area contributed by atoms with Crippen LogP contribution in [0, 0.1) is 0 Å². The van der Waals surface area contributed by atoms with E-state index in [4.69, 9.17) is 29.5 Å². The number of carboxylic acid groups (broad SMARTS) is 2. The first-order valence-electron chi connectivity index (χ1n) is 5.60. The van der Waals surface area contributed by atoms with Crippen molar-refractivity contribution in [3.05, 3.63) is 0 Å². The van der Waals surface area contributed by atoms with Crippen molar-refractivity contribution in [1.29, 1.82) is 0 Å². The van der Waals surface area contributed by atoms with E-state index >= 15 is 0 Å². The normalized spacial score (nSPS) is 23.0.